The Bertz CT molecular complexity index is 1420. The van der Waals surface area contributed by atoms with Crippen LogP contribution in [0.4, 0.5) is 8.78 Å². The Morgan fingerprint density at radius 2 is 1.92 bits per heavy atom. The molecule has 2 heterocycles. The molecule has 1 aromatic heterocycles. The van der Waals surface area contributed by atoms with Crippen molar-refractivity contribution >= 4 is 45.6 Å². The first-order valence-corrected chi connectivity index (χ1v) is 14.0. The number of benzene rings is 2. The van der Waals surface area contributed by atoms with Crippen LogP contribution >= 0.6 is 23.8 Å². The molecule has 0 bridgehead atoms. The van der Waals surface area contributed by atoms with E-state index in [0.29, 0.717) is 34.8 Å². The molecule has 5 nitrogen and oxygen atoms in total. The SMILES string of the molecule is NC(=S)c1cccc(-c2cn(C3CCC(F)(F)CC3)c3c(Cl)c(CNC(=O)C4CC5(CNC5)C4)ccc23)c1. The van der Waals surface area contributed by atoms with Gasteiger partial charge in [-0.2, -0.15) is 0 Å². The highest BCUT2D eigenvalue weighted by atomic mass is 35.5. The number of nitrogens with zero attached hydrogens (tertiary/aromatic N) is 1. The van der Waals surface area contributed by atoms with Crippen LogP contribution in [0.15, 0.2) is 42.6 Å². The molecule has 2 aliphatic carbocycles. The number of fused-ring (bicyclic) bond motifs is 1. The van der Waals surface area contributed by atoms with Crippen molar-refractivity contribution in [2.24, 2.45) is 17.1 Å². The van der Waals surface area contributed by atoms with E-state index in [1.165, 1.54) is 0 Å². The molecule has 1 amide bonds. The van der Waals surface area contributed by atoms with Gasteiger partial charge in [0.05, 0.1) is 10.5 Å². The van der Waals surface area contributed by atoms with E-state index in [2.05, 4.69) is 15.2 Å². The summed E-state index contributed by atoms with van der Waals surface area (Å²) in [7, 11) is 0. The normalized spacial score (nSPS) is 22.1. The van der Waals surface area contributed by atoms with Crippen LogP contribution in [0, 0.1) is 11.3 Å². The highest BCUT2D eigenvalue weighted by Crippen LogP contribution is 2.48. The van der Waals surface area contributed by atoms with Crippen LogP contribution in [0.25, 0.3) is 22.0 Å². The van der Waals surface area contributed by atoms with Crippen molar-refractivity contribution in [1.82, 2.24) is 15.2 Å². The van der Waals surface area contributed by atoms with Gasteiger partial charge in [-0.05, 0) is 48.3 Å². The lowest BCUT2D eigenvalue weighted by atomic mass is 9.58. The minimum absolute atomic E-state index is 0.0554. The largest absolute Gasteiger partial charge is 0.389 e. The van der Waals surface area contributed by atoms with Gasteiger partial charge in [0.25, 0.3) is 0 Å². The van der Waals surface area contributed by atoms with E-state index in [-0.39, 0.29) is 30.7 Å². The number of nitrogens with one attached hydrogen (secondary N) is 2. The molecule has 1 spiro atoms. The highest BCUT2D eigenvalue weighted by molar-refractivity contribution is 7.80. The Morgan fingerprint density at radius 3 is 2.58 bits per heavy atom. The molecule has 38 heavy (non-hydrogen) atoms. The zero-order valence-corrected chi connectivity index (χ0v) is 22.6. The summed E-state index contributed by atoms with van der Waals surface area (Å²) in [6, 6.07) is 11.6. The lowest BCUT2D eigenvalue weighted by Gasteiger charge is -2.53. The second-order valence-electron chi connectivity index (χ2n) is 11.3. The summed E-state index contributed by atoms with van der Waals surface area (Å²) >= 11 is 12.2. The van der Waals surface area contributed by atoms with Gasteiger partial charge in [-0.3, -0.25) is 4.79 Å². The van der Waals surface area contributed by atoms with Gasteiger partial charge in [0.1, 0.15) is 4.99 Å². The van der Waals surface area contributed by atoms with Gasteiger partial charge >= 0.3 is 0 Å². The fraction of sp³-hybridized carbons (Fsp3) is 0.448. The molecule has 2 saturated carbocycles. The van der Waals surface area contributed by atoms with Gasteiger partial charge in [0, 0.05) is 67.1 Å². The van der Waals surface area contributed by atoms with Crippen molar-refractivity contribution in [1.29, 1.82) is 0 Å². The van der Waals surface area contributed by atoms with Gasteiger partial charge in [0.15, 0.2) is 0 Å². The number of aromatic nitrogens is 1. The van der Waals surface area contributed by atoms with E-state index >= 15 is 0 Å². The molecular weight excluding hydrogens is 526 g/mol. The smallest absolute Gasteiger partial charge is 0.248 e. The number of carbonyl (C=O) groups excluding carboxylic acids is 1. The Kier molecular flexibility index (Phi) is 6.48. The van der Waals surface area contributed by atoms with Crippen LogP contribution in [0.2, 0.25) is 5.02 Å². The monoisotopic (exact) mass is 556 g/mol. The molecule has 0 atom stereocenters. The summed E-state index contributed by atoms with van der Waals surface area (Å²) in [4.78, 5) is 13.1. The molecule has 1 aliphatic heterocycles. The minimum Gasteiger partial charge on any atom is -0.389 e. The molecule has 3 aliphatic rings. The van der Waals surface area contributed by atoms with Gasteiger partial charge in [-0.1, -0.05) is 54.2 Å². The van der Waals surface area contributed by atoms with Crippen LogP contribution in [-0.2, 0) is 11.3 Å². The predicted octanol–water partition coefficient (Wildman–Crippen LogP) is 5.96. The zero-order chi connectivity index (χ0) is 26.7. The predicted molar refractivity (Wildman–Crippen MR) is 151 cm³/mol. The minimum atomic E-state index is -2.62. The quantitative estimate of drug-likeness (QED) is 0.328. The first-order chi connectivity index (χ1) is 18.1. The maximum absolute atomic E-state index is 14.0. The fourth-order valence-electron chi connectivity index (χ4n) is 6.41. The molecule has 6 rings (SSSR count). The molecular formula is C29H31ClF2N4OS. The van der Waals surface area contributed by atoms with E-state index in [1.807, 2.05) is 42.6 Å². The molecule has 9 heteroatoms. The highest BCUT2D eigenvalue weighted by Gasteiger charge is 2.50. The molecule has 0 unspecified atom stereocenters. The third-order valence-electron chi connectivity index (χ3n) is 8.73. The summed E-state index contributed by atoms with van der Waals surface area (Å²) in [6.07, 6.45) is 4.35. The number of rotatable bonds is 6. The van der Waals surface area contributed by atoms with E-state index in [1.54, 1.807) is 0 Å². The first-order valence-electron chi connectivity index (χ1n) is 13.2. The second-order valence-corrected chi connectivity index (χ2v) is 12.2. The van der Waals surface area contributed by atoms with Gasteiger partial charge in [0.2, 0.25) is 11.8 Å². The van der Waals surface area contributed by atoms with Crippen molar-refractivity contribution in [3.63, 3.8) is 0 Å². The summed E-state index contributed by atoms with van der Waals surface area (Å²) in [5, 5.41) is 7.86. The third kappa shape index (κ3) is 4.61. The molecule has 200 valence electrons. The number of nitrogens with two attached hydrogens (primary N) is 1. The summed E-state index contributed by atoms with van der Waals surface area (Å²) < 4.78 is 30.0. The maximum atomic E-state index is 14.0. The standard InChI is InChI=1S/C29H31ClF2N4OS/c30-24-19(13-35-27(37)20-11-28(12-20)15-34-16-28)4-5-22-23(17-2-1-3-18(10-17)26(33)38)14-36(25(22)24)21-6-8-29(31,32)9-7-21/h1-5,10,14,20-21,34H,6-9,11-13,15-16H2,(H2,33,38)(H,35,37). The van der Waals surface area contributed by atoms with Gasteiger partial charge in [-0.15, -0.1) is 0 Å². The number of hydrogen-bond acceptors (Lipinski definition) is 3. The Labute approximate surface area is 231 Å². The van der Waals surface area contributed by atoms with Crippen LogP contribution in [-0.4, -0.2) is 34.5 Å². The molecule has 3 aromatic rings. The average molecular weight is 557 g/mol. The molecule has 2 aromatic carbocycles. The number of hydrogen-bond donors (Lipinski definition) is 3. The zero-order valence-electron chi connectivity index (χ0n) is 21.0. The van der Waals surface area contributed by atoms with E-state index in [9.17, 15) is 13.6 Å². The fourth-order valence-corrected chi connectivity index (χ4v) is 6.87. The number of alkyl halides is 2. The van der Waals surface area contributed by atoms with Crippen LogP contribution in [0.1, 0.15) is 55.7 Å². The number of halogens is 3. The van der Waals surface area contributed by atoms with Gasteiger partial charge in [-0.25, -0.2) is 8.78 Å². The Balaban J connectivity index is 1.33. The first kappa shape index (κ1) is 25.7. The Morgan fingerprint density at radius 1 is 1.18 bits per heavy atom. The van der Waals surface area contributed by atoms with Crippen molar-refractivity contribution in [3.8, 4) is 11.1 Å². The van der Waals surface area contributed by atoms with Crippen molar-refractivity contribution < 1.29 is 13.6 Å². The lowest BCUT2D eigenvalue weighted by molar-refractivity contribution is -0.135. The molecule has 4 N–H and O–H groups in total. The molecule has 3 fully saturated rings. The van der Waals surface area contributed by atoms with E-state index in [4.69, 9.17) is 29.6 Å². The maximum Gasteiger partial charge on any atom is 0.248 e. The topological polar surface area (TPSA) is 72.1 Å². The number of thiocarbonyl (C=S) groups is 1. The van der Waals surface area contributed by atoms with Crippen molar-refractivity contribution in [3.05, 3.63) is 58.7 Å². The average Bonchev–Trinajstić information content (AvgIpc) is 3.22. The number of carbonyl (C=O) groups is 1. The third-order valence-corrected chi connectivity index (χ3v) is 9.39. The van der Waals surface area contributed by atoms with Crippen LogP contribution < -0.4 is 16.4 Å². The molecule has 0 radical (unpaired) electrons. The summed E-state index contributed by atoms with van der Waals surface area (Å²) in [5.41, 5.74) is 10.5. The van der Waals surface area contributed by atoms with E-state index in [0.717, 1.165) is 59.1 Å². The summed E-state index contributed by atoms with van der Waals surface area (Å²) in [5.74, 6) is -2.50. The van der Waals surface area contributed by atoms with Crippen LogP contribution in [0.3, 0.4) is 0 Å². The van der Waals surface area contributed by atoms with Crippen LogP contribution in [0.5, 0.6) is 0 Å². The van der Waals surface area contributed by atoms with Crippen molar-refractivity contribution in [2.45, 2.75) is 57.0 Å². The van der Waals surface area contributed by atoms with E-state index < -0.39 is 5.92 Å². The lowest BCUT2D eigenvalue weighted by Crippen LogP contribution is -2.62. The second kappa shape index (κ2) is 9.57. The van der Waals surface area contributed by atoms with Gasteiger partial charge < -0.3 is 20.9 Å². The Hall–Kier alpha value is -2.55. The van der Waals surface area contributed by atoms with Crippen molar-refractivity contribution in [2.75, 3.05) is 13.1 Å². The number of amides is 1. The molecule has 1 saturated heterocycles. The summed E-state index contributed by atoms with van der Waals surface area (Å²) in [6.45, 7) is 2.34.